The molecule has 0 aromatic heterocycles. The molecule has 0 saturated heterocycles. The molecule has 0 saturated carbocycles. The van der Waals surface area contributed by atoms with Gasteiger partial charge >= 0.3 is 0 Å². The van der Waals surface area contributed by atoms with Gasteiger partial charge in [0.1, 0.15) is 18.4 Å². The van der Waals surface area contributed by atoms with Crippen molar-refractivity contribution in [3.8, 4) is 11.8 Å². The van der Waals surface area contributed by atoms with Crippen LogP contribution < -0.4 is 4.74 Å². The fourth-order valence-corrected chi connectivity index (χ4v) is 1.50. The molecular weight excluding hydrogens is 250 g/mol. The van der Waals surface area contributed by atoms with E-state index in [4.69, 9.17) is 26.3 Å². The summed E-state index contributed by atoms with van der Waals surface area (Å²) in [5, 5.41) is 9.47. The molecule has 18 heavy (non-hydrogen) atoms. The summed E-state index contributed by atoms with van der Waals surface area (Å²) in [4.78, 5) is 0. The highest BCUT2D eigenvalue weighted by atomic mass is 35.5. The summed E-state index contributed by atoms with van der Waals surface area (Å²) in [5.74, 6) is 1.15. The predicted molar refractivity (Wildman–Crippen MR) is 71.9 cm³/mol. The first-order valence-electron chi connectivity index (χ1n) is 6.03. The maximum atomic E-state index is 8.91. The van der Waals surface area contributed by atoms with Crippen molar-refractivity contribution < 1.29 is 9.47 Å². The molecule has 0 aliphatic heterocycles. The number of nitrogens with zero attached hydrogens (tertiary/aromatic N) is 1. The first kappa shape index (κ1) is 14.8. The lowest BCUT2D eigenvalue weighted by Crippen LogP contribution is -2.09. The van der Waals surface area contributed by atoms with E-state index in [1.54, 1.807) is 18.2 Å². The zero-order chi connectivity index (χ0) is 13.4. The highest BCUT2D eigenvalue weighted by Crippen LogP contribution is 2.22. The standard InChI is InChI=1S/C14H18ClNO2/c1-11(2)5-6-17-7-8-18-14-9-13(15)4-3-12(14)10-16/h3-4,9,11H,5-8H2,1-2H3. The van der Waals surface area contributed by atoms with Gasteiger partial charge in [0.15, 0.2) is 0 Å². The van der Waals surface area contributed by atoms with Crippen LogP contribution in [0, 0.1) is 17.2 Å². The first-order chi connectivity index (χ1) is 8.63. The molecule has 0 radical (unpaired) electrons. The minimum atomic E-state index is 0.424. The van der Waals surface area contributed by atoms with Crippen molar-refractivity contribution in [1.29, 1.82) is 5.26 Å². The minimum absolute atomic E-state index is 0.424. The van der Waals surface area contributed by atoms with Crippen molar-refractivity contribution in [1.82, 2.24) is 0 Å². The molecule has 98 valence electrons. The lowest BCUT2D eigenvalue weighted by molar-refractivity contribution is 0.0925. The molecule has 0 fully saturated rings. The molecule has 3 nitrogen and oxygen atoms in total. The molecule has 0 unspecified atom stereocenters. The van der Waals surface area contributed by atoms with Gasteiger partial charge in [-0.1, -0.05) is 25.4 Å². The molecule has 0 atom stereocenters. The highest BCUT2D eigenvalue weighted by Gasteiger charge is 2.04. The lowest BCUT2D eigenvalue weighted by Gasteiger charge is -2.09. The Labute approximate surface area is 113 Å². The summed E-state index contributed by atoms with van der Waals surface area (Å²) < 4.78 is 10.9. The Morgan fingerprint density at radius 3 is 2.72 bits per heavy atom. The fraction of sp³-hybridized carbons (Fsp3) is 0.500. The number of benzene rings is 1. The van der Waals surface area contributed by atoms with Crippen LogP contribution in [0.3, 0.4) is 0 Å². The quantitative estimate of drug-likeness (QED) is 0.708. The van der Waals surface area contributed by atoms with Gasteiger partial charge in [0.2, 0.25) is 0 Å². The van der Waals surface area contributed by atoms with E-state index in [2.05, 4.69) is 19.9 Å². The van der Waals surface area contributed by atoms with E-state index in [1.807, 2.05) is 0 Å². The van der Waals surface area contributed by atoms with E-state index < -0.39 is 0 Å². The second-order valence-electron chi connectivity index (χ2n) is 4.40. The summed E-state index contributed by atoms with van der Waals surface area (Å²) in [6.07, 6.45) is 1.04. The van der Waals surface area contributed by atoms with E-state index in [0.29, 0.717) is 35.5 Å². The second kappa shape index (κ2) is 7.97. The van der Waals surface area contributed by atoms with Crippen LogP contribution in [0.15, 0.2) is 18.2 Å². The lowest BCUT2D eigenvalue weighted by atomic mass is 10.1. The van der Waals surface area contributed by atoms with Crippen LogP contribution in [0.2, 0.25) is 5.02 Å². The third-order valence-corrected chi connectivity index (χ3v) is 2.62. The van der Waals surface area contributed by atoms with Crippen LogP contribution in [0.5, 0.6) is 5.75 Å². The smallest absolute Gasteiger partial charge is 0.138 e. The molecule has 0 aliphatic carbocycles. The topological polar surface area (TPSA) is 42.2 Å². The van der Waals surface area contributed by atoms with Gasteiger partial charge in [-0.15, -0.1) is 0 Å². The molecule has 1 rings (SSSR count). The molecule has 1 aromatic rings. The van der Waals surface area contributed by atoms with E-state index in [9.17, 15) is 0 Å². The van der Waals surface area contributed by atoms with Crippen LogP contribution in [0.25, 0.3) is 0 Å². The Morgan fingerprint density at radius 2 is 2.06 bits per heavy atom. The van der Waals surface area contributed by atoms with Crippen molar-refractivity contribution >= 4 is 11.6 Å². The average molecular weight is 268 g/mol. The van der Waals surface area contributed by atoms with E-state index in [-0.39, 0.29) is 0 Å². The van der Waals surface area contributed by atoms with E-state index >= 15 is 0 Å². The maximum Gasteiger partial charge on any atom is 0.138 e. The molecule has 0 N–H and O–H groups in total. The summed E-state index contributed by atoms with van der Waals surface area (Å²) in [7, 11) is 0. The van der Waals surface area contributed by atoms with Crippen LogP contribution in [0.1, 0.15) is 25.8 Å². The Morgan fingerprint density at radius 1 is 1.28 bits per heavy atom. The Hall–Kier alpha value is -1.24. The van der Waals surface area contributed by atoms with Crippen molar-refractivity contribution in [3.05, 3.63) is 28.8 Å². The number of ether oxygens (including phenoxy) is 2. The Kier molecular flexibility index (Phi) is 6.56. The zero-order valence-electron chi connectivity index (χ0n) is 10.8. The van der Waals surface area contributed by atoms with E-state index in [1.165, 1.54) is 0 Å². The van der Waals surface area contributed by atoms with Gasteiger partial charge < -0.3 is 9.47 Å². The van der Waals surface area contributed by atoms with Gasteiger partial charge in [-0.2, -0.15) is 5.26 Å². The number of halogens is 1. The first-order valence-corrected chi connectivity index (χ1v) is 6.41. The fourth-order valence-electron chi connectivity index (χ4n) is 1.34. The number of hydrogen-bond acceptors (Lipinski definition) is 3. The monoisotopic (exact) mass is 267 g/mol. The molecule has 0 aliphatic rings. The molecule has 0 heterocycles. The zero-order valence-corrected chi connectivity index (χ0v) is 11.5. The van der Waals surface area contributed by atoms with Crippen LogP contribution in [-0.2, 0) is 4.74 Å². The Bertz CT molecular complexity index is 413. The van der Waals surface area contributed by atoms with Gasteiger partial charge in [-0.05, 0) is 24.5 Å². The SMILES string of the molecule is CC(C)CCOCCOc1cc(Cl)ccc1C#N. The average Bonchev–Trinajstić information content (AvgIpc) is 2.33. The maximum absolute atomic E-state index is 8.91. The van der Waals surface area contributed by atoms with Crippen molar-refractivity contribution in [2.45, 2.75) is 20.3 Å². The molecule has 1 aromatic carbocycles. The van der Waals surface area contributed by atoms with Crippen LogP contribution >= 0.6 is 11.6 Å². The molecule has 0 amide bonds. The largest absolute Gasteiger partial charge is 0.490 e. The van der Waals surface area contributed by atoms with Crippen LogP contribution in [-0.4, -0.2) is 19.8 Å². The van der Waals surface area contributed by atoms with Crippen molar-refractivity contribution in [3.63, 3.8) is 0 Å². The Balaban J connectivity index is 2.31. The number of rotatable bonds is 7. The summed E-state index contributed by atoms with van der Waals surface area (Å²) in [6.45, 7) is 5.99. The third kappa shape index (κ3) is 5.39. The minimum Gasteiger partial charge on any atom is -0.490 e. The van der Waals surface area contributed by atoms with Gasteiger partial charge in [-0.25, -0.2) is 0 Å². The summed E-state index contributed by atoms with van der Waals surface area (Å²) in [5.41, 5.74) is 0.488. The molecule has 0 bridgehead atoms. The van der Waals surface area contributed by atoms with Crippen molar-refractivity contribution in [2.24, 2.45) is 5.92 Å². The van der Waals surface area contributed by atoms with Crippen molar-refractivity contribution in [2.75, 3.05) is 19.8 Å². The molecule has 0 spiro atoms. The second-order valence-corrected chi connectivity index (χ2v) is 4.83. The van der Waals surface area contributed by atoms with E-state index in [0.717, 1.165) is 13.0 Å². The van der Waals surface area contributed by atoms with Gasteiger partial charge in [0.25, 0.3) is 0 Å². The summed E-state index contributed by atoms with van der Waals surface area (Å²) >= 11 is 5.85. The van der Waals surface area contributed by atoms with Gasteiger partial charge in [0, 0.05) is 17.7 Å². The summed E-state index contributed by atoms with van der Waals surface area (Å²) in [6, 6.07) is 7.04. The third-order valence-electron chi connectivity index (χ3n) is 2.39. The van der Waals surface area contributed by atoms with Gasteiger partial charge in [-0.3, -0.25) is 0 Å². The predicted octanol–water partition coefficient (Wildman–Crippen LogP) is 3.65. The van der Waals surface area contributed by atoms with Gasteiger partial charge in [0.05, 0.1) is 12.2 Å². The highest BCUT2D eigenvalue weighted by molar-refractivity contribution is 6.30. The number of hydrogen-bond donors (Lipinski definition) is 0. The van der Waals surface area contributed by atoms with Crippen LogP contribution in [0.4, 0.5) is 0 Å². The normalized spacial score (nSPS) is 10.4. The molecule has 4 heteroatoms. The molecular formula is C14H18ClNO2. The number of nitriles is 1.